The van der Waals surface area contributed by atoms with E-state index in [9.17, 15) is 4.79 Å². The van der Waals surface area contributed by atoms with Gasteiger partial charge in [0.25, 0.3) is 0 Å². The molecule has 158 valence electrons. The largest absolute Gasteiger partial charge is 0.375 e. The first-order valence-corrected chi connectivity index (χ1v) is 10.7. The zero-order chi connectivity index (χ0) is 21.1. The SMILES string of the molecule is CCc1cnc(CNC(=NCC(=O)N(C)C)NCCCN(C)c2ccccc2)s1. The minimum atomic E-state index is -0.0302. The molecular formula is C21H32N6OS. The monoisotopic (exact) mass is 416 g/mol. The van der Waals surface area contributed by atoms with Gasteiger partial charge in [-0.1, -0.05) is 25.1 Å². The number of benzene rings is 1. The fourth-order valence-corrected chi connectivity index (χ4v) is 3.35. The van der Waals surface area contributed by atoms with Crippen LogP contribution in [0, 0.1) is 0 Å². The second-order valence-corrected chi connectivity index (χ2v) is 8.12. The number of aromatic nitrogens is 1. The summed E-state index contributed by atoms with van der Waals surface area (Å²) in [7, 11) is 5.56. The van der Waals surface area contributed by atoms with E-state index in [1.165, 1.54) is 10.6 Å². The number of aliphatic imine (C=N–C) groups is 1. The van der Waals surface area contributed by atoms with Gasteiger partial charge in [0.15, 0.2) is 5.96 Å². The van der Waals surface area contributed by atoms with Crippen molar-refractivity contribution < 1.29 is 4.79 Å². The van der Waals surface area contributed by atoms with E-state index >= 15 is 0 Å². The smallest absolute Gasteiger partial charge is 0.243 e. The molecule has 2 aromatic rings. The first-order chi connectivity index (χ1) is 14.0. The lowest BCUT2D eigenvalue weighted by atomic mass is 10.3. The van der Waals surface area contributed by atoms with Gasteiger partial charge in [-0.2, -0.15) is 0 Å². The predicted molar refractivity (Wildman–Crippen MR) is 122 cm³/mol. The van der Waals surface area contributed by atoms with Crippen molar-refractivity contribution in [3.63, 3.8) is 0 Å². The van der Waals surface area contributed by atoms with Gasteiger partial charge in [0, 0.05) is 51.0 Å². The third kappa shape index (κ3) is 8.11. The van der Waals surface area contributed by atoms with E-state index in [1.807, 2.05) is 24.4 Å². The molecule has 0 aliphatic rings. The number of nitrogens with one attached hydrogen (secondary N) is 2. The number of nitrogens with zero attached hydrogens (tertiary/aromatic N) is 4. The number of guanidine groups is 1. The summed E-state index contributed by atoms with van der Waals surface area (Å²) in [5.41, 5.74) is 1.20. The molecule has 1 aromatic heterocycles. The van der Waals surface area contributed by atoms with Gasteiger partial charge in [-0.05, 0) is 25.0 Å². The van der Waals surface area contributed by atoms with Gasteiger partial charge in [-0.25, -0.2) is 9.98 Å². The number of anilines is 1. The van der Waals surface area contributed by atoms with Crippen molar-refractivity contribution in [2.75, 3.05) is 45.7 Å². The third-order valence-electron chi connectivity index (χ3n) is 4.39. The van der Waals surface area contributed by atoms with Crippen molar-refractivity contribution in [1.82, 2.24) is 20.5 Å². The number of carbonyl (C=O) groups excluding carboxylic acids is 1. The molecule has 0 spiro atoms. The van der Waals surface area contributed by atoms with Crippen LogP contribution in [0.15, 0.2) is 41.5 Å². The fourth-order valence-electron chi connectivity index (χ4n) is 2.55. The summed E-state index contributed by atoms with van der Waals surface area (Å²) in [6, 6.07) is 10.3. The predicted octanol–water partition coefficient (Wildman–Crippen LogP) is 2.36. The Labute approximate surface area is 177 Å². The van der Waals surface area contributed by atoms with Crippen molar-refractivity contribution in [1.29, 1.82) is 0 Å². The normalized spacial score (nSPS) is 11.2. The van der Waals surface area contributed by atoms with Gasteiger partial charge in [0.05, 0.1) is 6.54 Å². The molecule has 0 radical (unpaired) electrons. The highest BCUT2D eigenvalue weighted by Gasteiger charge is 2.07. The van der Waals surface area contributed by atoms with Gasteiger partial charge < -0.3 is 20.4 Å². The summed E-state index contributed by atoms with van der Waals surface area (Å²) >= 11 is 1.70. The molecule has 0 atom stereocenters. The topological polar surface area (TPSA) is 72.9 Å². The Morgan fingerprint density at radius 1 is 1.17 bits per heavy atom. The molecule has 29 heavy (non-hydrogen) atoms. The van der Waals surface area contributed by atoms with Crippen LogP contribution in [0.3, 0.4) is 0 Å². The van der Waals surface area contributed by atoms with Crippen LogP contribution >= 0.6 is 11.3 Å². The summed E-state index contributed by atoms with van der Waals surface area (Å²) in [6.45, 7) is 4.52. The average Bonchev–Trinajstić information content (AvgIpc) is 3.20. The van der Waals surface area contributed by atoms with E-state index in [4.69, 9.17) is 0 Å². The number of thiazole rings is 1. The maximum atomic E-state index is 11.9. The summed E-state index contributed by atoms with van der Waals surface area (Å²) in [4.78, 5) is 25.8. The number of likely N-dealkylation sites (N-methyl/N-ethyl adjacent to an activating group) is 1. The summed E-state index contributed by atoms with van der Waals surface area (Å²) in [5.74, 6) is 0.605. The van der Waals surface area contributed by atoms with E-state index in [2.05, 4.69) is 51.6 Å². The molecule has 7 nitrogen and oxygen atoms in total. The Bertz CT molecular complexity index is 774. The number of amides is 1. The first-order valence-electron chi connectivity index (χ1n) is 9.91. The average molecular weight is 417 g/mol. The molecule has 0 saturated carbocycles. The molecule has 8 heteroatoms. The van der Waals surface area contributed by atoms with Gasteiger partial charge in [0.2, 0.25) is 5.91 Å². The molecule has 1 amide bonds. The lowest BCUT2D eigenvalue weighted by molar-refractivity contribution is -0.127. The standard InChI is InChI=1S/C21H32N6OS/c1-5-18-14-23-19(29-18)15-24-21(25-16-20(28)26(2)3)22-12-9-13-27(4)17-10-7-6-8-11-17/h6-8,10-11,14H,5,9,12-13,15-16H2,1-4H3,(H2,22,24,25). The third-order valence-corrected chi connectivity index (χ3v) is 5.53. The number of rotatable bonds is 10. The Morgan fingerprint density at radius 2 is 1.93 bits per heavy atom. The first kappa shape index (κ1) is 22.7. The molecule has 0 fully saturated rings. The van der Waals surface area contributed by atoms with E-state index in [-0.39, 0.29) is 12.5 Å². The Balaban J connectivity index is 1.85. The number of carbonyl (C=O) groups is 1. The van der Waals surface area contributed by atoms with Crippen LogP contribution in [0.1, 0.15) is 23.2 Å². The van der Waals surface area contributed by atoms with Crippen LogP contribution in [0.5, 0.6) is 0 Å². The lowest BCUT2D eigenvalue weighted by Crippen LogP contribution is -2.39. The highest BCUT2D eigenvalue weighted by Crippen LogP contribution is 2.13. The molecule has 0 unspecified atom stereocenters. The number of hydrogen-bond donors (Lipinski definition) is 2. The molecule has 2 rings (SSSR count). The number of aryl methyl sites for hydroxylation is 1. The molecule has 1 heterocycles. The van der Waals surface area contributed by atoms with E-state index in [0.717, 1.165) is 30.9 Å². The molecule has 2 N–H and O–H groups in total. The zero-order valence-corrected chi connectivity index (χ0v) is 18.6. The van der Waals surface area contributed by atoms with Crippen molar-refractivity contribution >= 4 is 28.9 Å². The van der Waals surface area contributed by atoms with E-state index in [0.29, 0.717) is 12.5 Å². The van der Waals surface area contributed by atoms with Gasteiger partial charge in [-0.15, -0.1) is 11.3 Å². The molecule has 0 aliphatic heterocycles. The van der Waals surface area contributed by atoms with Gasteiger partial charge >= 0.3 is 0 Å². The van der Waals surface area contributed by atoms with Gasteiger partial charge in [0.1, 0.15) is 11.6 Å². The summed E-state index contributed by atoms with van der Waals surface area (Å²) in [6.07, 6.45) is 3.86. The minimum Gasteiger partial charge on any atom is -0.375 e. The highest BCUT2D eigenvalue weighted by molar-refractivity contribution is 7.11. The van der Waals surface area contributed by atoms with Crippen LogP contribution in [0.25, 0.3) is 0 Å². The Hall–Kier alpha value is -2.61. The quantitative estimate of drug-likeness (QED) is 0.353. The maximum absolute atomic E-state index is 11.9. The second-order valence-electron chi connectivity index (χ2n) is 6.92. The van der Waals surface area contributed by atoms with Crippen LogP contribution in [-0.2, 0) is 17.8 Å². The highest BCUT2D eigenvalue weighted by atomic mass is 32.1. The molecule has 0 aliphatic carbocycles. The zero-order valence-electron chi connectivity index (χ0n) is 17.8. The van der Waals surface area contributed by atoms with Gasteiger partial charge in [-0.3, -0.25) is 4.79 Å². The summed E-state index contributed by atoms with van der Waals surface area (Å²) < 4.78 is 0. The van der Waals surface area contributed by atoms with Crippen LogP contribution in [-0.4, -0.2) is 62.5 Å². The Kier molecular flexibility index (Phi) is 9.43. The lowest BCUT2D eigenvalue weighted by Gasteiger charge is -2.19. The molecule has 0 bridgehead atoms. The second kappa shape index (κ2) is 12.1. The molecule has 1 aromatic carbocycles. The van der Waals surface area contributed by atoms with Crippen molar-refractivity contribution in [3.8, 4) is 0 Å². The maximum Gasteiger partial charge on any atom is 0.243 e. The van der Waals surface area contributed by atoms with E-state index < -0.39 is 0 Å². The van der Waals surface area contributed by atoms with Crippen molar-refractivity contribution in [2.24, 2.45) is 4.99 Å². The molecule has 0 saturated heterocycles. The van der Waals surface area contributed by atoms with Crippen LogP contribution in [0.2, 0.25) is 0 Å². The Morgan fingerprint density at radius 3 is 2.59 bits per heavy atom. The van der Waals surface area contributed by atoms with Crippen LogP contribution < -0.4 is 15.5 Å². The van der Waals surface area contributed by atoms with E-state index in [1.54, 1.807) is 30.3 Å². The number of hydrogen-bond acceptors (Lipinski definition) is 5. The summed E-state index contributed by atoms with van der Waals surface area (Å²) in [5, 5.41) is 7.63. The fraction of sp³-hybridized carbons (Fsp3) is 0.476. The van der Waals surface area contributed by atoms with Crippen molar-refractivity contribution in [2.45, 2.75) is 26.3 Å². The van der Waals surface area contributed by atoms with Crippen LogP contribution in [0.4, 0.5) is 5.69 Å². The molecular weight excluding hydrogens is 384 g/mol. The minimum absolute atomic E-state index is 0.0302. The number of para-hydroxylation sites is 1. The van der Waals surface area contributed by atoms with Crippen molar-refractivity contribution in [3.05, 3.63) is 46.4 Å².